The zero-order valence-electron chi connectivity index (χ0n) is 17.2. The average molecular weight is 469 g/mol. The largest absolute Gasteiger partial charge is 0.422 e. The van der Waals surface area contributed by atoms with Crippen molar-refractivity contribution in [2.45, 2.75) is 0 Å². The van der Waals surface area contributed by atoms with Crippen molar-refractivity contribution in [1.82, 2.24) is 15.2 Å². The molecule has 2 aromatic carbocycles. The molecule has 0 unspecified atom stereocenters. The molecule has 0 atom stereocenters. The maximum absolute atomic E-state index is 12.5. The number of carbonyl (C=O) groups excluding carboxylic acids is 1. The summed E-state index contributed by atoms with van der Waals surface area (Å²) in [5.74, 6) is -0.408. The molecule has 1 N–H and O–H groups in total. The highest BCUT2D eigenvalue weighted by Crippen LogP contribution is 2.33. The summed E-state index contributed by atoms with van der Waals surface area (Å²) in [6.45, 7) is 4.64. The molecule has 1 aliphatic rings. The molecule has 2 aromatic heterocycles. The van der Waals surface area contributed by atoms with E-state index in [1.54, 1.807) is 29.5 Å². The SMILES string of the molecule is O=C(NCCN1CCN(c2nc3c(Cl)cccc3s2)CC1)c1cc2ccccc2oc1=O. The highest BCUT2D eigenvalue weighted by molar-refractivity contribution is 7.22. The zero-order chi connectivity index (χ0) is 22.1. The van der Waals surface area contributed by atoms with E-state index in [2.05, 4.69) is 15.1 Å². The van der Waals surface area contributed by atoms with Crippen molar-refractivity contribution in [3.05, 3.63) is 69.5 Å². The van der Waals surface area contributed by atoms with Gasteiger partial charge in [0.05, 0.1) is 9.72 Å². The predicted molar refractivity (Wildman–Crippen MR) is 128 cm³/mol. The summed E-state index contributed by atoms with van der Waals surface area (Å²) in [7, 11) is 0. The Morgan fingerprint density at radius 2 is 1.94 bits per heavy atom. The lowest BCUT2D eigenvalue weighted by atomic mass is 10.2. The van der Waals surface area contributed by atoms with Gasteiger partial charge >= 0.3 is 5.63 Å². The van der Waals surface area contributed by atoms with Crippen LogP contribution in [0.4, 0.5) is 5.13 Å². The summed E-state index contributed by atoms with van der Waals surface area (Å²) >= 11 is 7.91. The molecule has 3 heterocycles. The standard InChI is InChI=1S/C23H21ClN4O3S/c24-17-5-3-7-19-20(17)26-23(32-19)28-12-10-27(11-13-28)9-8-25-21(29)16-14-15-4-1-2-6-18(15)31-22(16)30/h1-7,14H,8-13H2,(H,25,29). The van der Waals surface area contributed by atoms with Crippen LogP contribution in [0.5, 0.6) is 0 Å². The molecule has 4 aromatic rings. The summed E-state index contributed by atoms with van der Waals surface area (Å²) < 4.78 is 6.34. The summed E-state index contributed by atoms with van der Waals surface area (Å²) in [5.41, 5.74) is 0.744. The van der Waals surface area contributed by atoms with Gasteiger partial charge in [-0.05, 0) is 24.3 Å². The van der Waals surface area contributed by atoms with Gasteiger partial charge in [-0.25, -0.2) is 9.78 Å². The van der Waals surface area contributed by atoms with Gasteiger partial charge in [0.25, 0.3) is 5.91 Å². The van der Waals surface area contributed by atoms with Crippen molar-refractivity contribution < 1.29 is 9.21 Å². The third-order valence-electron chi connectivity index (χ3n) is 5.60. The minimum Gasteiger partial charge on any atom is -0.422 e. The fourth-order valence-corrected chi connectivity index (χ4v) is 5.16. The molecule has 5 rings (SSSR count). The van der Waals surface area contributed by atoms with Crippen LogP contribution in [0.1, 0.15) is 10.4 Å². The number of halogens is 1. The topological polar surface area (TPSA) is 78.7 Å². The number of nitrogens with one attached hydrogen (secondary N) is 1. The highest BCUT2D eigenvalue weighted by atomic mass is 35.5. The number of hydrogen-bond donors (Lipinski definition) is 1. The van der Waals surface area contributed by atoms with Crippen molar-refractivity contribution in [2.24, 2.45) is 0 Å². The molecule has 1 saturated heterocycles. The number of benzene rings is 2. The lowest BCUT2D eigenvalue weighted by Crippen LogP contribution is -2.48. The maximum atomic E-state index is 12.5. The molecule has 9 heteroatoms. The Kier molecular flexibility index (Phi) is 5.82. The third-order valence-corrected chi connectivity index (χ3v) is 6.99. The van der Waals surface area contributed by atoms with E-state index in [0.717, 1.165) is 46.9 Å². The van der Waals surface area contributed by atoms with E-state index in [0.29, 0.717) is 23.7 Å². The van der Waals surface area contributed by atoms with Gasteiger partial charge in [-0.2, -0.15) is 0 Å². The first-order valence-corrected chi connectivity index (χ1v) is 11.6. The average Bonchev–Trinajstić information content (AvgIpc) is 3.25. The Morgan fingerprint density at radius 1 is 1.12 bits per heavy atom. The number of para-hydroxylation sites is 2. The monoisotopic (exact) mass is 468 g/mol. The van der Waals surface area contributed by atoms with Gasteiger partial charge in [-0.1, -0.05) is 47.2 Å². The molecule has 0 saturated carbocycles. The van der Waals surface area contributed by atoms with Crippen LogP contribution in [-0.4, -0.2) is 55.1 Å². The number of piperazine rings is 1. The number of carbonyl (C=O) groups is 1. The van der Waals surface area contributed by atoms with Gasteiger partial charge in [0.2, 0.25) is 0 Å². The Labute approximate surface area is 193 Å². The molecule has 0 radical (unpaired) electrons. The molecule has 32 heavy (non-hydrogen) atoms. The van der Waals surface area contributed by atoms with Crippen LogP contribution in [0.25, 0.3) is 21.2 Å². The van der Waals surface area contributed by atoms with Gasteiger partial charge in [0.1, 0.15) is 16.7 Å². The summed E-state index contributed by atoms with van der Waals surface area (Å²) in [6, 6.07) is 14.6. The summed E-state index contributed by atoms with van der Waals surface area (Å²) in [6.07, 6.45) is 0. The minimum absolute atomic E-state index is 0.0306. The molecule has 1 amide bonds. The van der Waals surface area contributed by atoms with Crippen molar-refractivity contribution >= 4 is 55.2 Å². The molecule has 0 bridgehead atoms. The van der Waals surface area contributed by atoms with E-state index in [-0.39, 0.29) is 5.56 Å². The van der Waals surface area contributed by atoms with E-state index in [1.807, 2.05) is 30.3 Å². The molecule has 0 spiro atoms. The second-order valence-corrected chi connectivity index (χ2v) is 9.07. The Bertz CT molecular complexity index is 1340. The van der Waals surface area contributed by atoms with E-state index in [9.17, 15) is 9.59 Å². The number of hydrogen-bond acceptors (Lipinski definition) is 7. The maximum Gasteiger partial charge on any atom is 0.349 e. The van der Waals surface area contributed by atoms with Crippen molar-refractivity contribution in [2.75, 3.05) is 44.2 Å². The second kappa shape index (κ2) is 8.90. The normalized spacial score (nSPS) is 14.8. The van der Waals surface area contributed by atoms with Crippen LogP contribution >= 0.6 is 22.9 Å². The van der Waals surface area contributed by atoms with Crippen LogP contribution in [0.15, 0.2) is 57.7 Å². The van der Waals surface area contributed by atoms with Gasteiger partial charge in [-0.15, -0.1) is 0 Å². The fourth-order valence-electron chi connectivity index (χ4n) is 3.84. The first-order valence-electron chi connectivity index (χ1n) is 10.4. The molecule has 7 nitrogen and oxygen atoms in total. The van der Waals surface area contributed by atoms with Crippen molar-refractivity contribution in [1.29, 1.82) is 0 Å². The van der Waals surface area contributed by atoms with Crippen LogP contribution < -0.4 is 15.8 Å². The number of nitrogens with zero attached hydrogens (tertiary/aromatic N) is 3. The summed E-state index contributed by atoms with van der Waals surface area (Å²) in [5, 5.41) is 5.24. The quantitative estimate of drug-likeness (QED) is 0.451. The van der Waals surface area contributed by atoms with Crippen LogP contribution in [0, 0.1) is 0 Å². The smallest absolute Gasteiger partial charge is 0.349 e. The lowest BCUT2D eigenvalue weighted by Gasteiger charge is -2.34. The number of rotatable bonds is 5. The third kappa shape index (κ3) is 4.21. The Hall–Kier alpha value is -2.94. The fraction of sp³-hybridized carbons (Fsp3) is 0.261. The van der Waals surface area contributed by atoms with Gasteiger partial charge in [-0.3, -0.25) is 9.69 Å². The molecule has 0 aliphatic carbocycles. The van der Waals surface area contributed by atoms with Crippen LogP contribution in [-0.2, 0) is 0 Å². The summed E-state index contributed by atoms with van der Waals surface area (Å²) in [4.78, 5) is 33.9. The first-order chi connectivity index (χ1) is 15.6. The number of thiazole rings is 1. The Balaban J connectivity index is 1.14. The molecular weight excluding hydrogens is 448 g/mol. The second-order valence-electron chi connectivity index (χ2n) is 7.65. The predicted octanol–water partition coefficient (Wildman–Crippen LogP) is 3.61. The lowest BCUT2D eigenvalue weighted by molar-refractivity contribution is 0.0944. The zero-order valence-corrected chi connectivity index (χ0v) is 18.8. The number of aromatic nitrogens is 1. The first kappa shape index (κ1) is 20.9. The van der Waals surface area contributed by atoms with E-state index >= 15 is 0 Å². The number of fused-ring (bicyclic) bond motifs is 2. The van der Waals surface area contributed by atoms with Gasteiger partial charge in [0, 0.05) is 44.7 Å². The van der Waals surface area contributed by atoms with Crippen LogP contribution in [0.2, 0.25) is 5.02 Å². The van der Waals surface area contributed by atoms with Gasteiger partial charge < -0.3 is 14.6 Å². The molecule has 1 aliphatic heterocycles. The number of amides is 1. The minimum atomic E-state index is -0.620. The molecular formula is C23H21ClN4O3S. The van der Waals surface area contributed by atoms with Gasteiger partial charge in [0.15, 0.2) is 5.13 Å². The molecule has 1 fully saturated rings. The highest BCUT2D eigenvalue weighted by Gasteiger charge is 2.21. The number of anilines is 1. The molecule has 164 valence electrons. The Morgan fingerprint density at radius 3 is 2.75 bits per heavy atom. The van der Waals surface area contributed by atoms with Crippen molar-refractivity contribution in [3.8, 4) is 0 Å². The van der Waals surface area contributed by atoms with E-state index in [1.165, 1.54) is 0 Å². The van der Waals surface area contributed by atoms with Crippen LogP contribution in [0.3, 0.4) is 0 Å². The van der Waals surface area contributed by atoms with E-state index in [4.69, 9.17) is 21.0 Å². The van der Waals surface area contributed by atoms with Crippen molar-refractivity contribution in [3.63, 3.8) is 0 Å². The van der Waals surface area contributed by atoms with E-state index < -0.39 is 11.5 Å².